The van der Waals surface area contributed by atoms with Gasteiger partial charge in [0.15, 0.2) is 0 Å². The van der Waals surface area contributed by atoms with Crippen LogP contribution < -0.4 is 5.32 Å². The predicted molar refractivity (Wildman–Crippen MR) is 63.9 cm³/mol. The molecule has 0 aliphatic heterocycles. The number of pyridine rings is 1. The van der Waals surface area contributed by atoms with Crippen LogP contribution in [-0.4, -0.2) is 22.7 Å². The highest BCUT2D eigenvalue weighted by molar-refractivity contribution is 9.10. The van der Waals surface area contributed by atoms with E-state index < -0.39 is 0 Å². The smallest absolute Gasteiger partial charge is 0.128 e. The lowest BCUT2D eigenvalue weighted by atomic mass is 9.82. The molecule has 1 saturated carbocycles. The molecule has 3 nitrogen and oxygen atoms in total. The highest BCUT2D eigenvalue weighted by Crippen LogP contribution is 2.27. The van der Waals surface area contributed by atoms with Gasteiger partial charge in [0.1, 0.15) is 5.82 Å². The fourth-order valence-electron chi connectivity index (χ4n) is 1.83. The van der Waals surface area contributed by atoms with Crippen LogP contribution >= 0.6 is 15.9 Å². The van der Waals surface area contributed by atoms with Crippen molar-refractivity contribution in [1.29, 1.82) is 0 Å². The molecule has 0 spiro atoms. The normalized spacial score (nSPS) is 24.7. The summed E-state index contributed by atoms with van der Waals surface area (Å²) in [5.41, 5.74) is 1.14. The predicted octanol–water partition coefficient (Wildman–Crippen LogP) is 2.34. The molecule has 2 rings (SSSR count). The van der Waals surface area contributed by atoms with Crippen LogP contribution in [0.25, 0.3) is 0 Å². The van der Waals surface area contributed by atoms with Gasteiger partial charge in [-0.25, -0.2) is 4.98 Å². The molecule has 0 unspecified atom stereocenters. The third kappa shape index (κ3) is 2.69. The average Bonchev–Trinajstić information content (AvgIpc) is 2.13. The molecule has 1 aromatic heterocycles. The fourth-order valence-corrected chi connectivity index (χ4v) is 2.28. The molecule has 2 N–H and O–H groups in total. The Morgan fingerprint density at radius 1 is 1.60 bits per heavy atom. The van der Waals surface area contributed by atoms with Crippen molar-refractivity contribution < 1.29 is 5.11 Å². The zero-order chi connectivity index (χ0) is 10.8. The second-order valence-corrected chi connectivity index (χ2v) is 5.11. The second kappa shape index (κ2) is 4.49. The van der Waals surface area contributed by atoms with Crippen LogP contribution in [0, 0.1) is 12.8 Å². The van der Waals surface area contributed by atoms with Crippen molar-refractivity contribution in [1.82, 2.24) is 4.98 Å². The summed E-state index contributed by atoms with van der Waals surface area (Å²) in [6.45, 7) is 2.95. The Bertz CT molecular complexity index is 350. The van der Waals surface area contributed by atoms with Crippen LogP contribution in [0.4, 0.5) is 5.82 Å². The first-order valence-corrected chi connectivity index (χ1v) is 5.98. The number of hydrogen-bond acceptors (Lipinski definition) is 3. The minimum Gasteiger partial charge on any atom is -0.393 e. The molecular weight excluding hydrogens is 256 g/mol. The van der Waals surface area contributed by atoms with Gasteiger partial charge in [0, 0.05) is 17.2 Å². The minimum absolute atomic E-state index is 0.0734. The van der Waals surface area contributed by atoms with Crippen LogP contribution in [0.2, 0.25) is 0 Å². The Morgan fingerprint density at radius 3 is 2.93 bits per heavy atom. The molecule has 1 aliphatic rings. The summed E-state index contributed by atoms with van der Waals surface area (Å²) in [7, 11) is 0. The second-order valence-electron chi connectivity index (χ2n) is 4.19. The Morgan fingerprint density at radius 2 is 2.33 bits per heavy atom. The van der Waals surface area contributed by atoms with Gasteiger partial charge in [-0.05, 0) is 53.2 Å². The van der Waals surface area contributed by atoms with Crippen molar-refractivity contribution in [3.8, 4) is 0 Å². The quantitative estimate of drug-likeness (QED) is 0.886. The van der Waals surface area contributed by atoms with E-state index in [1.807, 2.05) is 13.0 Å². The number of rotatable bonds is 3. The van der Waals surface area contributed by atoms with E-state index in [2.05, 4.69) is 26.2 Å². The molecule has 0 aromatic carbocycles. The summed E-state index contributed by atoms with van der Waals surface area (Å²) in [5, 5.41) is 12.5. The number of nitrogens with one attached hydrogen (secondary N) is 1. The Labute approximate surface area is 98.0 Å². The Kier molecular flexibility index (Phi) is 3.26. The van der Waals surface area contributed by atoms with Gasteiger partial charge >= 0.3 is 0 Å². The summed E-state index contributed by atoms with van der Waals surface area (Å²) in [6, 6.07) is 2.05. The highest BCUT2D eigenvalue weighted by atomic mass is 79.9. The summed E-state index contributed by atoms with van der Waals surface area (Å²) < 4.78 is 1.00. The van der Waals surface area contributed by atoms with E-state index >= 15 is 0 Å². The number of aryl methyl sites for hydroxylation is 1. The van der Waals surface area contributed by atoms with Crippen LogP contribution in [-0.2, 0) is 0 Å². The van der Waals surface area contributed by atoms with E-state index in [0.29, 0.717) is 5.92 Å². The van der Waals surface area contributed by atoms with E-state index in [9.17, 15) is 0 Å². The standard InChI is InChI=1S/C11H15BrN2O/c1-7-2-9(12)6-14-11(7)13-5-8-3-10(15)4-8/h2,6,8,10,15H,3-5H2,1H3,(H,13,14). The molecule has 0 radical (unpaired) electrons. The fraction of sp³-hybridized carbons (Fsp3) is 0.545. The van der Waals surface area contributed by atoms with Gasteiger partial charge < -0.3 is 10.4 Å². The molecule has 0 saturated heterocycles. The monoisotopic (exact) mass is 270 g/mol. The Balaban J connectivity index is 1.88. The van der Waals surface area contributed by atoms with Crippen molar-refractivity contribution in [2.75, 3.05) is 11.9 Å². The molecule has 15 heavy (non-hydrogen) atoms. The molecule has 82 valence electrons. The highest BCUT2D eigenvalue weighted by Gasteiger charge is 2.26. The molecule has 1 heterocycles. The van der Waals surface area contributed by atoms with Gasteiger partial charge in [-0.2, -0.15) is 0 Å². The molecule has 0 atom stereocenters. The molecule has 0 amide bonds. The lowest BCUT2D eigenvalue weighted by molar-refractivity contribution is 0.0486. The zero-order valence-electron chi connectivity index (χ0n) is 8.70. The molecule has 1 aromatic rings. The van der Waals surface area contributed by atoms with Gasteiger partial charge in [0.25, 0.3) is 0 Å². The van der Waals surface area contributed by atoms with Crippen molar-refractivity contribution in [3.63, 3.8) is 0 Å². The number of nitrogens with zero attached hydrogens (tertiary/aromatic N) is 1. The van der Waals surface area contributed by atoms with Crippen molar-refractivity contribution in [2.45, 2.75) is 25.9 Å². The number of hydrogen-bond donors (Lipinski definition) is 2. The van der Waals surface area contributed by atoms with E-state index in [1.54, 1.807) is 6.20 Å². The number of halogens is 1. The summed E-state index contributed by atoms with van der Waals surface area (Å²) in [4.78, 5) is 4.31. The maximum absolute atomic E-state index is 9.16. The van der Waals surface area contributed by atoms with Gasteiger partial charge in [-0.1, -0.05) is 0 Å². The van der Waals surface area contributed by atoms with E-state index in [0.717, 1.165) is 35.2 Å². The van der Waals surface area contributed by atoms with Gasteiger partial charge in [-0.3, -0.25) is 0 Å². The lowest BCUT2D eigenvalue weighted by Crippen LogP contribution is -2.33. The molecule has 1 aliphatic carbocycles. The number of anilines is 1. The third-order valence-corrected chi connectivity index (χ3v) is 3.25. The first-order valence-electron chi connectivity index (χ1n) is 5.19. The van der Waals surface area contributed by atoms with Crippen LogP contribution in [0.1, 0.15) is 18.4 Å². The topological polar surface area (TPSA) is 45.2 Å². The first-order chi connectivity index (χ1) is 7.15. The van der Waals surface area contributed by atoms with E-state index in [1.165, 1.54) is 0 Å². The average molecular weight is 271 g/mol. The number of aliphatic hydroxyl groups excluding tert-OH is 1. The largest absolute Gasteiger partial charge is 0.393 e. The maximum atomic E-state index is 9.16. The third-order valence-electron chi connectivity index (χ3n) is 2.81. The van der Waals surface area contributed by atoms with Gasteiger partial charge in [-0.15, -0.1) is 0 Å². The zero-order valence-corrected chi connectivity index (χ0v) is 10.3. The maximum Gasteiger partial charge on any atom is 0.128 e. The molecular formula is C11H15BrN2O. The van der Waals surface area contributed by atoms with E-state index in [-0.39, 0.29) is 6.10 Å². The summed E-state index contributed by atoms with van der Waals surface area (Å²) in [5.74, 6) is 1.55. The van der Waals surface area contributed by atoms with E-state index in [4.69, 9.17) is 5.11 Å². The van der Waals surface area contributed by atoms with Crippen LogP contribution in [0.15, 0.2) is 16.7 Å². The van der Waals surface area contributed by atoms with Gasteiger partial charge in [0.05, 0.1) is 6.10 Å². The molecule has 1 fully saturated rings. The Hall–Kier alpha value is -0.610. The lowest BCUT2D eigenvalue weighted by Gasteiger charge is -2.31. The van der Waals surface area contributed by atoms with Crippen molar-refractivity contribution in [2.24, 2.45) is 5.92 Å². The van der Waals surface area contributed by atoms with Crippen LogP contribution in [0.3, 0.4) is 0 Å². The van der Waals surface area contributed by atoms with Gasteiger partial charge in [0.2, 0.25) is 0 Å². The van der Waals surface area contributed by atoms with Crippen LogP contribution in [0.5, 0.6) is 0 Å². The minimum atomic E-state index is -0.0734. The summed E-state index contributed by atoms with van der Waals surface area (Å²) in [6.07, 6.45) is 3.56. The summed E-state index contributed by atoms with van der Waals surface area (Å²) >= 11 is 3.39. The molecule has 0 bridgehead atoms. The molecule has 4 heteroatoms. The number of aliphatic hydroxyl groups is 1. The van der Waals surface area contributed by atoms with Crippen molar-refractivity contribution >= 4 is 21.7 Å². The SMILES string of the molecule is Cc1cc(Br)cnc1NCC1CC(O)C1. The number of aromatic nitrogens is 1. The first kappa shape index (κ1) is 10.9. The van der Waals surface area contributed by atoms with Crippen molar-refractivity contribution in [3.05, 3.63) is 22.3 Å².